The molecule has 0 aliphatic carbocycles. The normalized spacial score (nSPS) is 11.0. The summed E-state index contributed by atoms with van der Waals surface area (Å²) in [5.74, 6) is 0.505. The van der Waals surface area contributed by atoms with E-state index in [0.29, 0.717) is 5.75 Å². The summed E-state index contributed by atoms with van der Waals surface area (Å²) in [7, 11) is 0. The van der Waals surface area contributed by atoms with Crippen LogP contribution in [-0.2, 0) is 6.18 Å². The molecular weight excluding hydrogens is 359 g/mol. The third-order valence-electron chi connectivity index (χ3n) is 3.23. The monoisotopic (exact) mass is 371 g/mol. The van der Waals surface area contributed by atoms with Crippen LogP contribution >= 0.6 is 0 Å². The molecule has 0 aromatic heterocycles. The third-order valence-corrected chi connectivity index (χ3v) is 3.23. The highest BCUT2D eigenvalue weighted by Gasteiger charge is 2.37. The molecule has 0 amide bonds. The summed E-state index contributed by atoms with van der Waals surface area (Å²) in [6, 6.07) is 9.02. The van der Waals surface area contributed by atoms with Crippen LogP contribution in [0.15, 0.2) is 42.5 Å². The molecule has 0 spiro atoms. The number of nitrogens with zero attached hydrogens (tertiary/aromatic N) is 2. The van der Waals surface area contributed by atoms with Crippen LogP contribution in [0.5, 0.6) is 5.75 Å². The van der Waals surface area contributed by atoms with Gasteiger partial charge in [0, 0.05) is 18.7 Å². The van der Waals surface area contributed by atoms with E-state index in [-0.39, 0.29) is 25.3 Å². The predicted octanol–water partition coefficient (Wildman–Crippen LogP) is 4.01. The van der Waals surface area contributed by atoms with Crippen molar-refractivity contribution < 1.29 is 27.8 Å². The van der Waals surface area contributed by atoms with Crippen molar-refractivity contribution in [2.45, 2.75) is 6.18 Å². The Morgan fingerprint density at radius 1 is 1.00 bits per heavy atom. The zero-order chi connectivity index (χ0) is 19.3. The zero-order valence-corrected chi connectivity index (χ0v) is 13.0. The van der Waals surface area contributed by atoms with Gasteiger partial charge in [0.25, 0.3) is 11.4 Å². The lowest BCUT2D eigenvalue weighted by atomic mass is 10.1. The van der Waals surface area contributed by atoms with E-state index in [1.54, 1.807) is 30.3 Å². The van der Waals surface area contributed by atoms with Crippen molar-refractivity contribution >= 4 is 17.1 Å². The quantitative estimate of drug-likeness (QED) is 0.448. The highest BCUT2D eigenvalue weighted by Crippen LogP contribution is 2.41. The lowest BCUT2D eigenvalue weighted by molar-refractivity contribution is -0.392. The molecule has 1 N–H and O–H groups in total. The Bertz CT molecular complexity index is 777. The van der Waals surface area contributed by atoms with Crippen LogP contribution < -0.4 is 10.1 Å². The minimum Gasteiger partial charge on any atom is -0.492 e. The Hall–Kier alpha value is -3.37. The fourth-order valence-electron chi connectivity index (χ4n) is 2.11. The molecule has 0 bridgehead atoms. The topological polar surface area (TPSA) is 108 Å². The highest BCUT2D eigenvalue weighted by molar-refractivity contribution is 5.75. The second-order valence-electron chi connectivity index (χ2n) is 4.99. The summed E-state index contributed by atoms with van der Waals surface area (Å²) in [6.07, 6.45) is -4.95. The van der Waals surface area contributed by atoms with Crippen LogP contribution in [-0.4, -0.2) is 23.0 Å². The van der Waals surface area contributed by atoms with Crippen molar-refractivity contribution in [3.8, 4) is 5.75 Å². The number of anilines is 1. The van der Waals surface area contributed by atoms with Crippen molar-refractivity contribution in [3.63, 3.8) is 0 Å². The van der Waals surface area contributed by atoms with Crippen LogP contribution in [0.25, 0.3) is 0 Å². The number of halogens is 3. The van der Waals surface area contributed by atoms with E-state index in [1.807, 2.05) is 0 Å². The molecule has 0 atom stereocenters. The molecule has 8 nitrogen and oxygen atoms in total. The first kappa shape index (κ1) is 19.0. The van der Waals surface area contributed by atoms with Gasteiger partial charge in [-0.3, -0.25) is 20.2 Å². The Kier molecular flexibility index (Phi) is 5.60. The predicted molar refractivity (Wildman–Crippen MR) is 85.2 cm³/mol. The standard InChI is InChI=1S/C15H12F3N3O5/c16-15(17,18)10-8-12(20(22)23)14(13(9-10)21(24)25)19-6-7-26-11-4-2-1-3-5-11/h1-5,8-9,19H,6-7H2. The summed E-state index contributed by atoms with van der Waals surface area (Å²) < 4.78 is 43.8. The van der Waals surface area contributed by atoms with Gasteiger partial charge in [0.2, 0.25) is 0 Å². The number of ether oxygens (including phenoxy) is 1. The van der Waals surface area contributed by atoms with Crippen LogP contribution in [0.2, 0.25) is 0 Å². The van der Waals surface area contributed by atoms with Crippen LogP contribution in [0.4, 0.5) is 30.2 Å². The van der Waals surface area contributed by atoms with Gasteiger partial charge < -0.3 is 10.1 Å². The summed E-state index contributed by atoms with van der Waals surface area (Å²) in [5.41, 5.74) is -4.15. The zero-order valence-electron chi connectivity index (χ0n) is 13.0. The number of nitro groups is 2. The maximum atomic E-state index is 12.8. The fourth-order valence-corrected chi connectivity index (χ4v) is 2.11. The van der Waals surface area contributed by atoms with E-state index in [9.17, 15) is 33.4 Å². The molecule has 0 radical (unpaired) electrons. The average molecular weight is 371 g/mol. The molecule has 2 aromatic carbocycles. The molecule has 0 saturated carbocycles. The molecule has 0 heterocycles. The number of rotatable bonds is 7. The summed E-state index contributed by atoms with van der Waals surface area (Å²) in [6.45, 7) is -0.110. The van der Waals surface area contributed by atoms with E-state index in [2.05, 4.69) is 5.32 Å². The Morgan fingerprint density at radius 2 is 1.54 bits per heavy atom. The van der Waals surface area contributed by atoms with Crippen LogP contribution in [0, 0.1) is 20.2 Å². The number of alkyl halides is 3. The minimum absolute atomic E-state index is 0.0145. The molecule has 0 unspecified atom stereocenters. The van der Waals surface area contributed by atoms with Crippen LogP contribution in [0.3, 0.4) is 0 Å². The average Bonchev–Trinajstić information content (AvgIpc) is 2.58. The third kappa shape index (κ3) is 4.59. The van der Waals surface area contributed by atoms with Gasteiger partial charge in [-0.25, -0.2) is 0 Å². The molecule has 0 aliphatic heterocycles. The van der Waals surface area contributed by atoms with Gasteiger partial charge in [-0.15, -0.1) is 0 Å². The van der Waals surface area contributed by atoms with Crippen molar-refractivity contribution in [1.29, 1.82) is 0 Å². The minimum atomic E-state index is -4.95. The number of hydrogen-bond acceptors (Lipinski definition) is 6. The van der Waals surface area contributed by atoms with E-state index in [0.717, 1.165) is 0 Å². The van der Waals surface area contributed by atoms with E-state index in [4.69, 9.17) is 4.74 Å². The Labute approximate surface area is 144 Å². The fraction of sp³-hybridized carbons (Fsp3) is 0.200. The molecule has 0 aliphatic rings. The van der Waals surface area contributed by atoms with Crippen LogP contribution in [0.1, 0.15) is 5.56 Å². The lowest BCUT2D eigenvalue weighted by Crippen LogP contribution is -2.15. The lowest BCUT2D eigenvalue weighted by Gasteiger charge is -2.12. The maximum Gasteiger partial charge on any atom is 0.416 e. The second kappa shape index (κ2) is 7.68. The van der Waals surface area contributed by atoms with Gasteiger partial charge >= 0.3 is 6.18 Å². The molecule has 138 valence electrons. The Morgan fingerprint density at radius 3 is 2.00 bits per heavy atom. The van der Waals surface area contributed by atoms with Crippen molar-refractivity contribution in [1.82, 2.24) is 0 Å². The van der Waals surface area contributed by atoms with Gasteiger partial charge in [-0.1, -0.05) is 18.2 Å². The first-order valence-corrected chi connectivity index (χ1v) is 7.16. The maximum absolute atomic E-state index is 12.8. The number of para-hydroxylation sites is 1. The molecular formula is C15H12F3N3O5. The Balaban J connectivity index is 2.25. The van der Waals surface area contributed by atoms with Crippen molar-refractivity contribution in [3.05, 3.63) is 68.3 Å². The highest BCUT2D eigenvalue weighted by atomic mass is 19.4. The van der Waals surface area contributed by atoms with Crippen molar-refractivity contribution in [2.75, 3.05) is 18.5 Å². The van der Waals surface area contributed by atoms with E-state index in [1.165, 1.54) is 0 Å². The van der Waals surface area contributed by atoms with Gasteiger partial charge in [0.05, 0.1) is 15.4 Å². The first-order valence-electron chi connectivity index (χ1n) is 7.16. The molecule has 11 heteroatoms. The molecule has 0 fully saturated rings. The smallest absolute Gasteiger partial charge is 0.416 e. The molecule has 26 heavy (non-hydrogen) atoms. The number of nitrogens with one attached hydrogen (secondary N) is 1. The molecule has 2 aromatic rings. The van der Waals surface area contributed by atoms with Crippen molar-refractivity contribution in [2.24, 2.45) is 0 Å². The van der Waals surface area contributed by atoms with Gasteiger partial charge in [-0.05, 0) is 12.1 Å². The summed E-state index contributed by atoms with van der Waals surface area (Å²) in [4.78, 5) is 19.9. The second-order valence-corrected chi connectivity index (χ2v) is 4.99. The SMILES string of the molecule is O=[N+]([O-])c1cc(C(F)(F)F)cc([N+](=O)[O-])c1NCCOc1ccccc1. The van der Waals surface area contributed by atoms with E-state index >= 15 is 0 Å². The van der Waals surface area contributed by atoms with E-state index < -0.39 is 38.6 Å². The summed E-state index contributed by atoms with van der Waals surface area (Å²) in [5, 5.41) is 24.6. The van der Waals surface area contributed by atoms with Gasteiger partial charge in [0.15, 0.2) is 5.69 Å². The van der Waals surface area contributed by atoms with Gasteiger partial charge in [-0.2, -0.15) is 13.2 Å². The largest absolute Gasteiger partial charge is 0.492 e. The number of hydrogen-bond donors (Lipinski definition) is 1. The molecule has 2 rings (SSSR count). The van der Waals surface area contributed by atoms with Gasteiger partial charge in [0.1, 0.15) is 12.4 Å². The number of nitro benzene ring substituents is 2. The molecule has 0 saturated heterocycles. The number of benzene rings is 2. The summed E-state index contributed by atoms with van der Waals surface area (Å²) >= 11 is 0. The first-order chi connectivity index (χ1) is 12.2.